The first kappa shape index (κ1) is 19.2. The number of nitrogens with zero attached hydrogens (tertiary/aromatic N) is 5. The van der Waals surface area contributed by atoms with Crippen LogP contribution in [-0.2, 0) is 7.05 Å². The number of carbonyl (C=O) groups excluding carboxylic acids is 1. The van der Waals surface area contributed by atoms with Gasteiger partial charge in [0.15, 0.2) is 0 Å². The Morgan fingerprint density at radius 1 is 1.07 bits per heavy atom. The third-order valence-electron chi connectivity index (χ3n) is 6.06. The van der Waals surface area contributed by atoms with E-state index >= 15 is 0 Å². The van der Waals surface area contributed by atoms with Gasteiger partial charge in [-0.2, -0.15) is 10.2 Å². The number of piperazine rings is 1. The molecular formula is C22H28N6O. The van der Waals surface area contributed by atoms with Gasteiger partial charge in [0.25, 0.3) is 5.91 Å². The maximum Gasteiger partial charge on any atom is 0.272 e. The van der Waals surface area contributed by atoms with Gasteiger partial charge in [0.1, 0.15) is 5.69 Å². The zero-order chi connectivity index (χ0) is 20.7. The molecule has 7 nitrogen and oxygen atoms in total. The van der Waals surface area contributed by atoms with Gasteiger partial charge in [-0.15, -0.1) is 0 Å². The van der Waals surface area contributed by atoms with Crippen molar-refractivity contribution >= 4 is 11.6 Å². The number of nitrogens with one attached hydrogen (secondary N) is 1. The molecule has 0 saturated carbocycles. The molecule has 2 aromatic heterocycles. The molecule has 1 aromatic carbocycles. The lowest BCUT2D eigenvalue weighted by atomic mass is 10.1. The van der Waals surface area contributed by atoms with Gasteiger partial charge >= 0.3 is 0 Å². The first-order chi connectivity index (χ1) is 13.9. The highest BCUT2D eigenvalue weighted by molar-refractivity contribution is 5.93. The minimum atomic E-state index is 0.00330. The molecule has 1 saturated heterocycles. The van der Waals surface area contributed by atoms with E-state index in [9.17, 15) is 4.79 Å². The number of hydrogen-bond acceptors (Lipinski definition) is 4. The quantitative estimate of drug-likeness (QED) is 0.744. The number of anilines is 1. The van der Waals surface area contributed by atoms with Crippen molar-refractivity contribution in [3.8, 4) is 11.3 Å². The van der Waals surface area contributed by atoms with Crippen LogP contribution < -0.4 is 4.90 Å². The standard InChI is InChI=1S/C22H28N6O/c1-14-7-6-8-20(15(14)2)27-9-11-28(12-10-27)22(29)19-13-18(23-24-19)21-16(3)25-26(5)17(21)4/h6-8,13H,9-12H2,1-5H3,(H,23,24). The Morgan fingerprint density at radius 2 is 1.79 bits per heavy atom. The highest BCUT2D eigenvalue weighted by Gasteiger charge is 2.25. The van der Waals surface area contributed by atoms with Crippen molar-refractivity contribution in [2.45, 2.75) is 27.7 Å². The number of carbonyl (C=O) groups is 1. The van der Waals surface area contributed by atoms with Gasteiger partial charge < -0.3 is 9.80 Å². The molecule has 1 aliphatic rings. The zero-order valence-corrected chi connectivity index (χ0v) is 17.8. The molecule has 0 spiro atoms. The molecule has 0 bridgehead atoms. The number of H-pyrrole nitrogens is 1. The molecule has 0 atom stereocenters. The number of aryl methyl sites for hydroxylation is 3. The molecule has 3 heterocycles. The summed E-state index contributed by atoms with van der Waals surface area (Å²) in [5.74, 6) is 0.00330. The average molecular weight is 393 g/mol. The van der Waals surface area contributed by atoms with Crippen molar-refractivity contribution in [1.29, 1.82) is 0 Å². The van der Waals surface area contributed by atoms with Crippen molar-refractivity contribution in [2.75, 3.05) is 31.1 Å². The SMILES string of the molecule is Cc1cccc(N2CCN(C(=O)c3cc(-c4c(C)nn(C)c4C)n[nH]3)CC2)c1C. The molecule has 7 heteroatoms. The minimum absolute atomic E-state index is 0.00330. The van der Waals surface area contributed by atoms with Crippen LogP contribution >= 0.6 is 0 Å². The molecule has 4 rings (SSSR count). The summed E-state index contributed by atoms with van der Waals surface area (Å²) in [6.07, 6.45) is 0. The van der Waals surface area contributed by atoms with E-state index in [2.05, 4.69) is 52.2 Å². The second-order valence-corrected chi connectivity index (χ2v) is 7.83. The highest BCUT2D eigenvalue weighted by atomic mass is 16.2. The predicted octanol–water partition coefficient (Wildman–Crippen LogP) is 3.01. The van der Waals surface area contributed by atoms with Crippen LogP contribution in [0.4, 0.5) is 5.69 Å². The van der Waals surface area contributed by atoms with Crippen molar-refractivity contribution in [3.05, 3.63) is 52.5 Å². The molecule has 152 valence electrons. The summed E-state index contributed by atoms with van der Waals surface area (Å²) in [7, 11) is 1.92. The van der Waals surface area contributed by atoms with E-state index in [1.54, 1.807) is 0 Å². The monoisotopic (exact) mass is 392 g/mol. The molecule has 1 fully saturated rings. The Balaban J connectivity index is 1.47. The second-order valence-electron chi connectivity index (χ2n) is 7.83. The molecule has 3 aromatic rings. The summed E-state index contributed by atoms with van der Waals surface area (Å²) in [6, 6.07) is 8.25. The van der Waals surface area contributed by atoms with Gasteiger partial charge in [0.05, 0.1) is 11.4 Å². The molecular weight excluding hydrogens is 364 g/mol. The number of hydrogen-bond donors (Lipinski definition) is 1. The number of aromatic nitrogens is 4. The van der Waals surface area contributed by atoms with E-state index in [0.717, 1.165) is 35.7 Å². The number of aromatic amines is 1. The van der Waals surface area contributed by atoms with Crippen LogP contribution in [0.25, 0.3) is 11.3 Å². The van der Waals surface area contributed by atoms with Crippen LogP contribution in [0.2, 0.25) is 0 Å². The largest absolute Gasteiger partial charge is 0.368 e. The van der Waals surface area contributed by atoms with Gasteiger partial charge in [-0.05, 0) is 51.0 Å². The van der Waals surface area contributed by atoms with Gasteiger partial charge in [0, 0.05) is 50.2 Å². The highest BCUT2D eigenvalue weighted by Crippen LogP contribution is 2.26. The smallest absolute Gasteiger partial charge is 0.272 e. The molecule has 1 aliphatic heterocycles. The van der Waals surface area contributed by atoms with Gasteiger partial charge in [-0.25, -0.2) is 0 Å². The molecule has 1 N–H and O–H groups in total. The number of rotatable bonds is 3. The lowest BCUT2D eigenvalue weighted by molar-refractivity contribution is 0.0741. The summed E-state index contributed by atoms with van der Waals surface area (Å²) in [5, 5.41) is 11.8. The Hall–Kier alpha value is -3.09. The van der Waals surface area contributed by atoms with E-state index in [4.69, 9.17) is 0 Å². The van der Waals surface area contributed by atoms with E-state index < -0.39 is 0 Å². The molecule has 29 heavy (non-hydrogen) atoms. The summed E-state index contributed by atoms with van der Waals surface area (Å²) < 4.78 is 1.84. The van der Waals surface area contributed by atoms with Crippen LogP contribution in [0.3, 0.4) is 0 Å². The predicted molar refractivity (Wildman–Crippen MR) is 114 cm³/mol. The number of amides is 1. The number of benzene rings is 1. The summed E-state index contributed by atoms with van der Waals surface area (Å²) in [5.41, 5.74) is 8.12. The average Bonchev–Trinajstić information content (AvgIpc) is 3.28. The fourth-order valence-electron chi connectivity index (χ4n) is 4.10. The third kappa shape index (κ3) is 3.41. The van der Waals surface area contributed by atoms with Gasteiger partial charge in [-0.1, -0.05) is 12.1 Å². The minimum Gasteiger partial charge on any atom is -0.368 e. The first-order valence-electron chi connectivity index (χ1n) is 10.0. The Kier molecular flexibility index (Phi) is 4.90. The van der Waals surface area contributed by atoms with Crippen LogP contribution in [-0.4, -0.2) is 57.0 Å². The molecule has 0 radical (unpaired) electrons. The molecule has 0 unspecified atom stereocenters. The Bertz CT molecular complexity index is 1060. The first-order valence-corrected chi connectivity index (χ1v) is 10.0. The fourth-order valence-corrected chi connectivity index (χ4v) is 4.10. The van der Waals surface area contributed by atoms with Gasteiger partial charge in [0.2, 0.25) is 0 Å². The van der Waals surface area contributed by atoms with Crippen LogP contribution in [0.5, 0.6) is 0 Å². The van der Waals surface area contributed by atoms with E-state index in [1.807, 2.05) is 36.5 Å². The van der Waals surface area contributed by atoms with E-state index in [0.29, 0.717) is 18.8 Å². The Morgan fingerprint density at radius 3 is 2.45 bits per heavy atom. The van der Waals surface area contributed by atoms with Gasteiger partial charge in [-0.3, -0.25) is 14.6 Å². The summed E-state index contributed by atoms with van der Waals surface area (Å²) in [6.45, 7) is 11.3. The van der Waals surface area contributed by atoms with Crippen LogP contribution in [0.1, 0.15) is 33.0 Å². The van der Waals surface area contributed by atoms with Crippen LogP contribution in [0, 0.1) is 27.7 Å². The van der Waals surface area contributed by atoms with Crippen LogP contribution in [0.15, 0.2) is 24.3 Å². The normalized spacial score (nSPS) is 14.5. The van der Waals surface area contributed by atoms with Crippen molar-refractivity contribution in [3.63, 3.8) is 0 Å². The lowest BCUT2D eigenvalue weighted by Crippen LogP contribution is -2.49. The summed E-state index contributed by atoms with van der Waals surface area (Å²) >= 11 is 0. The summed E-state index contributed by atoms with van der Waals surface area (Å²) in [4.78, 5) is 17.3. The second kappa shape index (κ2) is 7.39. The topological polar surface area (TPSA) is 70.0 Å². The molecule has 0 aliphatic carbocycles. The van der Waals surface area contributed by atoms with E-state index in [-0.39, 0.29) is 5.91 Å². The maximum absolute atomic E-state index is 13.0. The maximum atomic E-state index is 13.0. The lowest BCUT2D eigenvalue weighted by Gasteiger charge is -2.36. The Labute approximate surface area is 171 Å². The van der Waals surface area contributed by atoms with E-state index in [1.165, 1.54) is 16.8 Å². The van der Waals surface area contributed by atoms with Crippen molar-refractivity contribution < 1.29 is 4.79 Å². The zero-order valence-electron chi connectivity index (χ0n) is 17.8. The third-order valence-corrected chi connectivity index (χ3v) is 6.06. The van der Waals surface area contributed by atoms with Crippen molar-refractivity contribution in [1.82, 2.24) is 24.9 Å². The fraction of sp³-hybridized carbons (Fsp3) is 0.409. The van der Waals surface area contributed by atoms with Crippen molar-refractivity contribution in [2.24, 2.45) is 7.05 Å². The molecule has 1 amide bonds.